The van der Waals surface area contributed by atoms with E-state index in [4.69, 9.17) is 9.84 Å². The second kappa shape index (κ2) is 3.02. The van der Waals surface area contributed by atoms with Crippen LogP contribution in [0, 0.1) is 0 Å². The first-order valence-electron chi connectivity index (χ1n) is 3.98. The van der Waals surface area contributed by atoms with Gasteiger partial charge in [0.25, 0.3) is 0 Å². The minimum Gasteiger partial charge on any atom is -0.481 e. The number of ether oxygens (including phenoxy) is 1. The average Bonchev–Trinajstić information content (AvgIpc) is 2.59. The lowest BCUT2D eigenvalue weighted by atomic mass is 10.2. The third kappa shape index (κ3) is 1.19. The number of aromatic nitrogens is 2. The molecule has 14 heavy (non-hydrogen) atoms. The Morgan fingerprint density at radius 3 is 3.00 bits per heavy atom. The van der Waals surface area contributed by atoms with Crippen LogP contribution in [0.2, 0.25) is 0 Å². The maximum absolute atomic E-state index is 10.8. The first-order chi connectivity index (χ1) is 6.72. The number of nitrogens with zero attached hydrogens (tertiary/aromatic N) is 1. The molecule has 2 rings (SSSR count). The number of aromatic carboxylic acids is 1. The van der Waals surface area contributed by atoms with Gasteiger partial charge in [-0.05, 0) is 6.07 Å². The lowest BCUT2D eigenvalue weighted by Crippen LogP contribution is -1.94. The number of nitrogens with one attached hydrogen (secondary N) is 1. The van der Waals surface area contributed by atoms with Crippen molar-refractivity contribution in [1.82, 2.24) is 9.97 Å². The van der Waals surface area contributed by atoms with Crippen molar-refractivity contribution in [1.29, 1.82) is 0 Å². The smallest absolute Gasteiger partial charge is 0.337 e. The van der Waals surface area contributed by atoms with Crippen molar-refractivity contribution in [3.05, 3.63) is 23.9 Å². The van der Waals surface area contributed by atoms with E-state index in [1.54, 1.807) is 12.1 Å². The molecular weight excluding hydrogens is 184 g/mol. The van der Waals surface area contributed by atoms with Gasteiger partial charge in [-0.3, -0.25) is 0 Å². The Kier molecular flexibility index (Phi) is 1.85. The molecule has 0 spiro atoms. The zero-order chi connectivity index (χ0) is 10.1. The number of hydrogen-bond donors (Lipinski definition) is 2. The van der Waals surface area contributed by atoms with E-state index in [1.807, 2.05) is 0 Å². The number of H-pyrrole nitrogens is 1. The van der Waals surface area contributed by atoms with Crippen LogP contribution in [0.1, 0.15) is 10.4 Å². The van der Waals surface area contributed by atoms with Crippen molar-refractivity contribution in [3.63, 3.8) is 0 Å². The fourth-order valence-electron chi connectivity index (χ4n) is 1.28. The Labute approximate surface area is 79.3 Å². The second-order valence-corrected chi connectivity index (χ2v) is 2.76. The van der Waals surface area contributed by atoms with Crippen LogP contribution in [-0.2, 0) is 0 Å². The summed E-state index contributed by atoms with van der Waals surface area (Å²) in [6.07, 6.45) is 1.42. The molecule has 2 aromatic heterocycles. The number of rotatable bonds is 2. The van der Waals surface area contributed by atoms with Crippen molar-refractivity contribution in [2.24, 2.45) is 0 Å². The van der Waals surface area contributed by atoms with E-state index in [-0.39, 0.29) is 5.56 Å². The number of carbonyl (C=O) groups is 1. The molecule has 0 aromatic carbocycles. The Hall–Kier alpha value is -2.04. The summed E-state index contributed by atoms with van der Waals surface area (Å²) in [7, 11) is 1.51. The maximum atomic E-state index is 10.8. The Morgan fingerprint density at radius 2 is 2.36 bits per heavy atom. The van der Waals surface area contributed by atoms with Gasteiger partial charge in [-0.2, -0.15) is 4.98 Å². The van der Waals surface area contributed by atoms with Crippen molar-refractivity contribution in [2.45, 2.75) is 0 Å². The van der Waals surface area contributed by atoms with Gasteiger partial charge >= 0.3 is 5.97 Å². The number of carboxylic acids is 1. The predicted octanol–water partition coefficient (Wildman–Crippen LogP) is 1.27. The SMILES string of the molecule is COc1ccc2c(C(=O)O)c[nH]c2n1. The van der Waals surface area contributed by atoms with Gasteiger partial charge in [-0.15, -0.1) is 0 Å². The molecule has 0 aliphatic rings. The van der Waals surface area contributed by atoms with Gasteiger partial charge in [0.1, 0.15) is 5.65 Å². The van der Waals surface area contributed by atoms with Crippen molar-refractivity contribution >= 4 is 17.0 Å². The van der Waals surface area contributed by atoms with Gasteiger partial charge in [0.2, 0.25) is 5.88 Å². The Morgan fingerprint density at radius 1 is 1.57 bits per heavy atom. The number of hydrogen-bond acceptors (Lipinski definition) is 3. The highest BCUT2D eigenvalue weighted by Gasteiger charge is 2.11. The summed E-state index contributed by atoms with van der Waals surface area (Å²) >= 11 is 0. The summed E-state index contributed by atoms with van der Waals surface area (Å²) in [6.45, 7) is 0. The summed E-state index contributed by atoms with van der Waals surface area (Å²) < 4.78 is 4.91. The van der Waals surface area contributed by atoms with Crippen LogP contribution in [0.5, 0.6) is 5.88 Å². The number of fused-ring (bicyclic) bond motifs is 1. The third-order valence-corrected chi connectivity index (χ3v) is 1.95. The number of pyridine rings is 1. The van der Waals surface area contributed by atoms with E-state index < -0.39 is 5.97 Å². The molecule has 0 fully saturated rings. The fraction of sp³-hybridized carbons (Fsp3) is 0.111. The van der Waals surface area contributed by atoms with Crippen LogP contribution < -0.4 is 4.74 Å². The summed E-state index contributed by atoms with van der Waals surface area (Å²) in [5.41, 5.74) is 0.733. The lowest BCUT2D eigenvalue weighted by Gasteiger charge is -1.97. The topological polar surface area (TPSA) is 75.2 Å². The minimum absolute atomic E-state index is 0.218. The summed E-state index contributed by atoms with van der Waals surface area (Å²) in [4.78, 5) is 17.6. The fourth-order valence-corrected chi connectivity index (χ4v) is 1.28. The number of methoxy groups -OCH3 is 1. The molecule has 5 heteroatoms. The van der Waals surface area contributed by atoms with E-state index in [2.05, 4.69) is 9.97 Å². The normalized spacial score (nSPS) is 10.4. The molecular formula is C9H8N2O3. The average molecular weight is 192 g/mol. The number of aromatic amines is 1. The van der Waals surface area contributed by atoms with E-state index >= 15 is 0 Å². The highest BCUT2D eigenvalue weighted by atomic mass is 16.5. The summed E-state index contributed by atoms with van der Waals surface area (Å²) in [5.74, 6) is -0.514. The van der Waals surface area contributed by atoms with Crippen LogP contribution in [0.25, 0.3) is 11.0 Å². The van der Waals surface area contributed by atoms with Crippen LogP contribution in [0.3, 0.4) is 0 Å². The molecule has 2 heterocycles. The predicted molar refractivity (Wildman–Crippen MR) is 49.6 cm³/mol. The first kappa shape index (κ1) is 8.55. The molecule has 0 atom stereocenters. The zero-order valence-corrected chi connectivity index (χ0v) is 7.44. The summed E-state index contributed by atoms with van der Waals surface area (Å²) in [5, 5.41) is 9.40. The van der Waals surface area contributed by atoms with Gasteiger partial charge < -0.3 is 14.8 Å². The molecule has 0 bridgehead atoms. The van der Waals surface area contributed by atoms with Crippen LogP contribution in [-0.4, -0.2) is 28.2 Å². The minimum atomic E-state index is -0.969. The highest BCUT2D eigenvalue weighted by Crippen LogP contribution is 2.19. The van der Waals surface area contributed by atoms with E-state index in [0.29, 0.717) is 16.9 Å². The first-order valence-corrected chi connectivity index (χ1v) is 3.98. The van der Waals surface area contributed by atoms with Crippen molar-refractivity contribution < 1.29 is 14.6 Å². The molecule has 0 radical (unpaired) electrons. The highest BCUT2D eigenvalue weighted by molar-refractivity contribution is 6.02. The summed E-state index contributed by atoms with van der Waals surface area (Å²) in [6, 6.07) is 3.30. The van der Waals surface area contributed by atoms with Gasteiger partial charge in [0, 0.05) is 17.6 Å². The molecule has 2 N–H and O–H groups in total. The quantitative estimate of drug-likeness (QED) is 0.751. The van der Waals surface area contributed by atoms with Gasteiger partial charge in [0.15, 0.2) is 0 Å². The second-order valence-electron chi connectivity index (χ2n) is 2.76. The molecule has 0 unspecified atom stereocenters. The molecule has 0 amide bonds. The zero-order valence-electron chi connectivity index (χ0n) is 7.44. The molecule has 0 saturated carbocycles. The lowest BCUT2D eigenvalue weighted by molar-refractivity contribution is 0.0699. The van der Waals surface area contributed by atoms with Crippen LogP contribution >= 0.6 is 0 Å². The Bertz CT molecular complexity index is 490. The third-order valence-electron chi connectivity index (χ3n) is 1.95. The van der Waals surface area contributed by atoms with E-state index in [9.17, 15) is 4.79 Å². The van der Waals surface area contributed by atoms with E-state index in [1.165, 1.54) is 13.3 Å². The molecule has 72 valence electrons. The van der Waals surface area contributed by atoms with Crippen LogP contribution in [0.4, 0.5) is 0 Å². The van der Waals surface area contributed by atoms with Gasteiger partial charge in [-0.25, -0.2) is 4.79 Å². The standard InChI is InChI=1S/C9H8N2O3/c1-14-7-3-2-5-6(9(12)13)4-10-8(5)11-7/h2-4H,1H3,(H,10,11)(H,12,13). The molecule has 2 aromatic rings. The Balaban J connectivity index is 2.65. The van der Waals surface area contributed by atoms with Gasteiger partial charge in [0.05, 0.1) is 12.7 Å². The van der Waals surface area contributed by atoms with Crippen LogP contribution in [0.15, 0.2) is 18.3 Å². The van der Waals surface area contributed by atoms with Gasteiger partial charge in [-0.1, -0.05) is 0 Å². The number of carboxylic acid groups (broad SMARTS) is 1. The molecule has 0 aliphatic carbocycles. The maximum Gasteiger partial charge on any atom is 0.337 e. The molecule has 5 nitrogen and oxygen atoms in total. The van der Waals surface area contributed by atoms with Crippen molar-refractivity contribution in [3.8, 4) is 5.88 Å². The molecule has 0 saturated heterocycles. The molecule has 0 aliphatic heterocycles. The largest absolute Gasteiger partial charge is 0.481 e. The monoisotopic (exact) mass is 192 g/mol. The van der Waals surface area contributed by atoms with E-state index in [0.717, 1.165) is 0 Å². The van der Waals surface area contributed by atoms with Crippen molar-refractivity contribution in [2.75, 3.05) is 7.11 Å².